The van der Waals surface area contributed by atoms with Gasteiger partial charge >= 0.3 is 0 Å². The smallest absolute Gasteiger partial charge is 0.225 e. The molecule has 20 heavy (non-hydrogen) atoms. The zero-order valence-corrected chi connectivity index (χ0v) is 12.3. The van der Waals surface area contributed by atoms with E-state index in [1.54, 1.807) is 0 Å². The maximum atomic E-state index is 12.4. The van der Waals surface area contributed by atoms with E-state index in [2.05, 4.69) is 41.0 Å². The van der Waals surface area contributed by atoms with Gasteiger partial charge in [0, 0.05) is 37.8 Å². The summed E-state index contributed by atoms with van der Waals surface area (Å²) < 4.78 is 0. The molecule has 2 fully saturated rings. The van der Waals surface area contributed by atoms with Crippen molar-refractivity contribution in [3.63, 3.8) is 0 Å². The lowest BCUT2D eigenvalue weighted by molar-refractivity contribution is -0.135. The van der Waals surface area contributed by atoms with Gasteiger partial charge in [-0.15, -0.1) is 0 Å². The molecule has 108 valence electrons. The predicted octanol–water partition coefficient (Wildman–Crippen LogP) is 2.83. The molecule has 1 aliphatic carbocycles. The second kappa shape index (κ2) is 5.86. The fourth-order valence-corrected chi connectivity index (χ4v) is 3.37. The third-order valence-electron chi connectivity index (χ3n) is 4.69. The highest BCUT2D eigenvalue weighted by atomic mass is 16.2. The first-order valence-electron chi connectivity index (χ1n) is 7.84. The average molecular weight is 272 g/mol. The maximum absolute atomic E-state index is 12.4. The maximum Gasteiger partial charge on any atom is 0.225 e. The fourth-order valence-electron chi connectivity index (χ4n) is 3.37. The lowest BCUT2D eigenvalue weighted by Crippen LogP contribution is -2.50. The van der Waals surface area contributed by atoms with E-state index in [0.717, 1.165) is 39.0 Å². The SMILES string of the molecule is Cc1ccc(N2CCN(C(=O)C3CCCC3)CC2)cc1. The lowest BCUT2D eigenvalue weighted by atomic mass is 10.1. The number of rotatable bonds is 2. The first kappa shape index (κ1) is 13.5. The van der Waals surface area contributed by atoms with Gasteiger partial charge in [-0.25, -0.2) is 0 Å². The van der Waals surface area contributed by atoms with Gasteiger partial charge in [0.25, 0.3) is 0 Å². The van der Waals surface area contributed by atoms with Crippen LogP contribution < -0.4 is 4.90 Å². The minimum absolute atomic E-state index is 0.320. The standard InChI is InChI=1S/C17H24N2O/c1-14-6-8-16(9-7-14)18-10-12-19(13-11-18)17(20)15-4-2-3-5-15/h6-9,15H,2-5,10-13H2,1H3. The summed E-state index contributed by atoms with van der Waals surface area (Å²) in [6.07, 6.45) is 4.69. The van der Waals surface area contributed by atoms with E-state index in [4.69, 9.17) is 0 Å². The Morgan fingerprint density at radius 1 is 1.00 bits per heavy atom. The van der Waals surface area contributed by atoms with Crippen molar-refractivity contribution in [3.05, 3.63) is 29.8 Å². The van der Waals surface area contributed by atoms with Crippen molar-refractivity contribution >= 4 is 11.6 Å². The number of carbonyl (C=O) groups excluding carboxylic acids is 1. The molecule has 1 saturated heterocycles. The largest absolute Gasteiger partial charge is 0.368 e. The van der Waals surface area contributed by atoms with E-state index in [1.807, 2.05) is 0 Å². The molecule has 3 nitrogen and oxygen atoms in total. The molecule has 0 spiro atoms. The quantitative estimate of drug-likeness (QED) is 0.826. The van der Waals surface area contributed by atoms with Crippen LogP contribution in [0.4, 0.5) is 5.69 Å². The monoisotopic (exact) mass is 272 g/mol. The van der Waals surface area contributed by atoms with Gasteiger partial charge in [0.2, 0.25) is 5.91 Å². The summed E-state index contributed by atoms with van der Waals surface area (Å²) >= 11 is 0. The van der Waals surface area contributed by atoms with Gasteiger partial charge in [-0.1, -0.05) is 30.5 Å². The van der Waals surface area contributed by atoms with Gasteiger partial charge in [0.1, 0.15) is 0 Å². The van der Waals surface area contributed by atoms with Gasteiger partial charge in [-0.05, 0) is 31.9 Å². The zero-order valence-electron chi connectivity index (χ0n) is 12.3. The Balaban J connectivity index is 1.56. The zero-order chi connectivity index (χ0) is 13.9. The van der Waals surface area contributed by atoms with Crippen LogP contribution in [0.25, 0.3) is 0 Å². The number of carbonyl (C=O) groups is 1. The molecular formula is C17H24N2O. The van der Waals surface area contributed by atoms with E-state index in [9.17, 15) is 4.79 Å². The molecule has 1 aromatic rings. The van der Waals surface area contributed by atoms with E-state index in [-0.39, 0.29) is 0 Å². The Kier molecular flexibility index (Phi) is 3.95. The highest BCUT2D eigenvalue weighted by molar-refractivity contribution is 5.79. The number of piperazine rings is 1. The summed E-state index contributed by atoms with van der Waals surface area (Å²) in [6.45, 7) is 5.79. The number of hydrogen-bond acceptors (Lipinski definition) is 2. The second-order valence-corrected chi connectivity index (χ2v) is 6.13. The van der Waals surface area contributed by atoms with Gasteiger partial charge < -0.3 is 9.80 Å². The first-order chi connectivity index (χ1) is 9.74. The van der Waals surface area contributed by atoms with Crippen LogP contribution in [-0.2, 0) is 4.79 Å². The molecule has 1 aliphatic heterocycles. The van der Waals surface area contributed by atoms with Crippen molar-refractivity contribution in [2.75, 3.05) is 31.1 Å². The van der Waals surface area contributed by atoms with Crippen LogP contribution in [0.15, 0.2) is 24.3 Å². The minimum Gasteiger partial charge on any atom is -0.368 e. The van der Waals surface area contributed by atoms with E-state index in [0.29, 0.717) is 11.8 Å². The van der Waals surface area contributed by atoms with Crippen LogP contribution in [0, 0.1) is 12.8 Å². The van der Waals surface area contributed by atoms with Crippen LogP contribution >= 0.6 is 0 Å². The normalized spacial score (nSPS) is 20.4. The molecule has 0 radical (unpaired) electrons. The molecule has 1 heterocycles. The van der Waals surface area contributed by atoms with Crippen molar-refractivity contribution < 1.29 is 4.79 Å². The van der Waals surface area contributed by atoms with Gasteiger partial charge in [0.05, 0.1) is 0 Å². The molecule has 3 heteroatoms. The van der Waals surface area contributed by atoms with E-state index < -0.39 is 0 Å². The Labute approximate surface area is 121 Å². The predicted molar refractivity (Wildman–Crippen MR) is 81.9 cm³/mol. The van der Waals surface area contributed by atoms with E-state index >= 15 is 0 Å². The highest BCUT2D eigenvalue weighted by Gasteiger charge is 2.29. The van der Waals surface area contributed by atoms with Gasteiger partial charge in [-0.3, -0.25) is 4.79 Å². The summed E-state index contributed by atoms with van der Waals surface area (Å²) in [6, 6.07) is 8.68. The average Bonchev–Trinajstić information content (AvgIpc) is 3.02. The third kappa shape index (κ3) is 2.82. The van der Waals surface area contributed by atoms with Gasteiger partial charge in [0.15, 0.2) is 0 Å². The van der Waals surface area contributed by atoms with Crippen molar-refractivity contribution in [1.82, 2.24) is 4.90 Å². The van der Waals surface area contributed by atoms with Crippen molar-refractivity contribution in [2.45, 2.75) is 32.6 Å². The topological polar surface area (TPSA) is 23.6 Å². The van der Waals surface area contributed by atoms with Crippen LogP contribution in [-0.4, -0.2) is 37.0 Å². The Morgan fingerprint density at radius 3 is 2.20 bits per heavy atom. The van der Waals surface area contributed by atoms with Crippen molar-refractivity contribution in [2.24, 2.45) is 5.92 Å². The number of amides is 1. The minimum atomic E-state index is 0.320. The lowest BCUT2D eigenvalue weighted by Gasteiger charge is -2.37. The van der Waals surface area contributed by atoms with Crippen LogP contribution in [0.3, 0.4) is 0 Å². The molecule has 2 aliphatic rings. The molecule has 0 aromatic heterocycles. The fraction of sp³-hybridized carbons (Fsp3) is 0.588. The second-order valence-electron chi connectivity index (χ2n) is 6.13. The Hall–Kier alpha value is -1.51. The molecule has 1 amide bonds. The summed E-state index contributed by atoms with van der Waals surface area (Å²) in [5.41, 5.74) is 2.58. The summed E-state index contributed by atoms with van der Waals surface area (Å²) in [7, 11) is 0. The molecule has 0 atom stereocenters. The number of benzene rings is 1. The number of nitrogens with zero attached hydrogens (tertiary/aromatic N) is 2. The third-order valence-corrected chi connectivity index (χ3v) is 4.69. The summed E-state index contributed by atoms with van der Waals surface area (Å²) in [5, 5.41) is 0. The number of hydrogen-bond donors (Lipinski definition) is 0. The first-order valence-corrected chi connectivity index (χ1v) is 7.84. The molecule has 0 unspecified atom stereocenters. The van der Waals surface area contributed by atoms with Crippen LogP contribution in [0.5, 0.6) is 0 Å². The molecule has 1 aromatic carbocycles. The number of anilines is 1. The molecular weight excluding hydrogens is 248 g/mol. The van der Waals surface area contributed by atoms with Crippen LogP contribution in [0.2, 0.25) is 0 Å². The summed E-state index contributed by atoms with van der Waals surface area (Å²) in [5.74, 6) is 0.729. The van der Waals surface area contributed by atoms with Crippen molar-refractivity contribution in [3.8, 4) is 0 Å². The Morgan fingerprint density at radius 2 is 1.60 bits per heavy atom. The Bertz CT molecular complexity index is 454. The van der Waals surface area contributed by atoms with Crippen molar-refractivity contribution in [1.29, 1.82) is 0 Å². The molecule has 1 saturated carbocycles. The van der Waals surface area contributed by atoms with E-state index in [1.165, 1.54) is 24.1 Å². The van der Waals surface area contributed by atoms with Gasteiger partial charge in [-0.2, -0.15) is 0 Å². The molecule has 3 rings (SSSR count). The number of aryl methyl sites for hydroxylation is 1. The summed E-state index contributed by atoms with van der Waals surface area (Å²) in [4.78, 5) is 16.9. The highest BCUT2D eigenvalue weighted by Crippen LogP contribution is 2.27. The molecule has 0 bridgehead atoms. The molecule has 0 N–H and O–H groups in total. The van der Waals surface area contributed by atoms with Crippen LogP contribution in [0.1, 0.15) is 31.2 Å².